The van der Waals surface area contributed by atoms with E-state index in [0.29, 0.717) is 39.5 Å². The standard InChI is InChI=1S/C32H28ClFN4O2S/c1-21-12-15-24(33)19-28(21)38-30(36-37-32(38)41-20-23-13-16-25(34)17-14-23)27(18-22-8-4-3-5-9-22)35-31(39)26-10-6-7-11-29(26)40-2/h3-17,19,27H,18,20H2,1-2H3,(H,35,39). The SMILES string of the molecule is COc1ccccc1C(=O)NC(Cc1ccccc1)c1nnc(SCc2ccc(F)cc2)n1-c1cc(Cl)ccc1C. The number of halogens is 2. The van der Waals surface area contributed by atoms with Crippen LogP contribution in [0.3, 0.4) is 0 Å². The quantitative estimate of drug-likeness (QED) is 0.173. The van der Waals surface area contributed by atoms with Gasteiger partial charge in [0.15, 0.2) is 11.0 Å². The molecule has 0 spiro atoms. The number of nitrogens with zero attached hydrogens (tertiary/aromatic N) is 3. The second kappa shape index (κ2) is 13.0. The van der Waals surface area contributed by atoms with Gasteiger partial charge in [-0.2, -0.15) is 0 Å². The Hall–Kier alpha value is -4.14. The van der Waals surface area contributed by atoms with Gasteiger partial charge in [0.1, 0.15) is 11.6 Å². The van der Waals surface area contributed by atoms with Crippen LogP contribution in [0.15, 0.2) is 102 Å². The number of aryl methyl sites for hydroxylation is 1. The van der Waals surface area contributed by atoms with Crippen molar-refractivity contribution in [3.05, 3.63) is 136 Å². The van der Waals surface area contributed by atoms with Crippen LogP contribution in [0.4, 0.5) is 4.39 Å². The predicted molar refractivity (Wildman–Crippen MR) is 160 cm³/mol. The molecule has 1 atom stereocenters. The van der Waals surface area contributed by atoms with E-state index in [9.17, 15) is 9.18 Å². The summed E-state index contributed by atoms with van der Waals surface area (Å²) in [5.41, 5.74) is 4.16. The van der Waals surface area contributed by atoms with E-state index >= 15 is 0 Å². The fraction of sp³-hybridized carbons (Fsp3) is 0.156. The molecule has 1 unspecified atom stereocenters. The highest BCUT2D eigenvalue weighted by atomic mass is 35.5. The highest BCUT2D eigenvalue weighted by molar-refractivity contribution is 7.98. The number of ether oxygens (including phenoxy) is 1. The van der Waals surface area contributed by atoms with Crippen molar-refractivity contribution in [1.29, 1.82) is 0 Å². The molecule has 9 heteroatoms. The maximum atomic E-state index is 13.6. The van der Waals surface area contributed by atoms with Gasteiger partial charge in [-0.05, 0) is 66.4 Å². The Balaban J connectivity index is 1.58. The molecule has 0 aliphatic rings. The van der Waals surface area contributed by atoms with Gasteiger partial charge in [0, 0.05) is 10.8 Å². The summed E-state index contributed by atoms with van der Waals surface area (Å²) < 4.78 is 20.9. The highest BCUT2D eigenvalue weighted by Gasteiger charge is 2.27. The molecule has 1 amide bonds. The number of amides is 1. The number of thioether (sulfide) groups is 1. The lowest BCUT2D eigenvalue weighted by molar-refractivity contribution is 0.0931. The molecule has 0 fully saturated rings. The van der Waals surface area contributed by atoms with Crippen LogP contribution in [0.2, 0.25) is 5.02 Å². The van der Waals surface area contributed by atoms with Crippen LogP contribution < -0.4 is 10.1 Å². The molecule has 1 aromatic heterocycles. The Morgan fingerprint density at radius 2 is 1.71 bits per heavy atom. The molecule has 0 aliphatic heterocycles. The average molecular weight is 587 g/mol. The van der Waals surface area contributed by atoms with E-state index in [1.807, 2.05) is 66.1 Å². The largest absolute Gasteiger partial charge is 0.496 e. The minimum atomic E-state index is -0.541. The summed E-state index contributed by atoms with van der Waals surface area (Å²) >= 11 is 7.93. The van der Waals surface area contributed by atoms with Gasteiger partial charge in [-0.25, -0.2) is 4.39 Å². The Morgan fingerprint density at radius 1 is 0.976 bits per heavy atom. The van der Waals surface area contributed by atoms with E-state index in [2.05, 4.69) is 15.5 Å². The van der Waals surface area contributed by atoms with E-state index in [1.165, 1.54) is 31.0 Å². The summed E-state index contributed by atoms with van der Waals surface area (Å²) in [6.45, 7) is 1.99. The number of nitrogens with one attached hydrogen (secondary N) is 1. The van der Waals surface area contributed by atoms with Crippen LogP contribution in [0.1, 0.15) is 38.9 Å². The molecule has 0 saturated heterocycles. The number of benzene rings is 4. The Kier molecular flexibility index (Phi) is 9.01. The van der Waals surface area contributed by atoms with E-state index < -0.39 is 6.04 Å². The molecule has 0 aliphatic carbocycles. The lowest BCUT2D eigenvalue weighted by Crippen LogP contribution is -2.32. The molecular formula is C32H28ClFN4O2S. The second-order valence-corrected chi connectivity index (χ2v) is 10.8. The lowest BCUT2D eigenvalue weighted by atomic mass is 10.0. The van der Waals surface area contributed by atoms with Crippen molar-refractivity contribution >= 4 is 29.3 Å². The van der Waals surface area contributed by atoms with Crippen LogP contribution in [0.5, 0.6) is 5.75 Å². The molecular weight excluding hydrogens is 559 g/mol. The summed E-state index contributed by atoms with van der Waals surface area (Å²) in [4.78, 5) is 13.6. The first-order chi connectivity index (χ1) is 19.9. The van der Waals surface area contributed by atoms with Crippen molar-refractivity contribution in [2.75, 3.05) is 7.11 Å². The van der Waals surface area contributed by atoms with Gasteiger partial charge < -0.3 is 10.1 Å². The highest BCUT2D eigenvalue weighted by Crippen LogP contribution is 2.32. The molecule has 1 N–H and O–H groups in total. The van der Waals surface area contributed by atoms with Crippen molar-refractivity contribution in [2.24, 2.45) is 0 Å². The van der Waals surface area contributed by atoms with E-state index in [-0.39, 0.29) is 11.7 Å². The van der Waals surface area contributed by atoms with E-state index in [4.69, 9.17) is 16.3 Å². The number of para-hydroxylation sites is 1. The number of carbonyl (C=O) groups is 1. The van der Waals surface area contributed by atoms with E-state index in [0.717, 1.165) is 22.4 Å². The molecule has 6 nitrogen and oxygen atoms in total. The first kappa shape index (κ1) is 28.4. The maximum absolute atomic E-state index is 13.6. The van der Waals surface area contributed by atoms with Gasteiger partial charge >= 0.3 is 0 Å². The zero-order valence-corrected chi connectivity index (χ0v) is 24.1. The van der Waals surface area contributed by atoms with Gasteiger partial charge in [0.05, 0.1) is 24.4 Å². The molecule has 0 radical (unpaired) electrons. The number of aromatic nitrogens is 3. The summed E-state index contributed by atoms with van der Waals surface area (Å²) in [5, 5.41) is 13.5. The average Bonchev–Trinajstić information content (AvgIpc) is 3.42. The fourth-order valence-corrected chi connectivity index (χ4v) is 5.58. The topological polar surface area (TPSA) is 69.0 Å². The summed E-state index contributed by atoms with van der Waals surface area (Å²) in [6.07, 6.45) is 0.474. The van der Waals surface area contributed by atoms with Crippen molar-refractivity contribution in [3.8, 4) is 11.4 Å². The maximum Gasteiger partial charge on any atom is 0.255 e. The van der Waals surface area contributed by atoms with E-state index in [1.54, 1.807) is 30.3 Å². The number of hydrogen-bond acceptors (Lipinski definition) is 5. The Labute approximate surface area is 247 Å². The molecule has 0 bridgehead atoms. The van der Waals surface area contributed by atoms with Crippen LogP contribution >= 0.6 is 23.4 Å². The van der Waals surface area contributed by atoms with Crippen molar-refractivity contribution in [3.63, 3.8) is 0 Å². The van der Waals surface area contributed by atoms with Gasteiger partial charge in [-0.3, -0.25) is 9.36 Å². The van der Waals surface area contributed by atoms with Gasteiger partial charge in [0.2, 0.25) is 0 Å². The van der Waals surface area contributed by atoms with Crippen molar-refractivity contribution < 1.29 is 13.9 Å². The molecule has 5 aromatic rings. The fourth-order valence-electron chi connectivity index (χ4n) is 4.50. The molecule has 5 rings (SSSR count). The number of rotatable bonds is 10. The Morgan fingerprint density at radius 3 is 2.46 bits per heavy atom. The minimum Gasteiger partial charge on any atom is -0.496 e. The van der Waals surface area contributed by atoms with Crippen LogP contribution in [-0.4, -0.2) is 27.8 Å². The molecule has 41 heavy (non-hydrogen) atoms. The normalized spacial score (nSPS) is 11.7. The summed E-state index contributed by atoms with van der Waals surface area (Å²) in [7, 11) is 1.54. The molecule has 208 valence electrons. The number of hydrogen-bond donors (Lipinski definition) is 1. The molecule has 0 saturated carbocycles. The minimum absolute atomic E-state index is 0.284. The summed E-state index contributed by atoms with van der Waals surface area (Å²) in [5.74, 6) is 1.01. The smallest absolute Gasteiger partial charge is 0.255 e. The zero-order chi connectivity index (χ0) is 28.8. The van der Waals surface area contributed by atoms with Crippen LogP contribution in [0, 0.1) is 12.7 Å². The first-order valence-corrected chi connectivity index (χ1v) is 14.4. The predicted octanol–water partition coefficient (Wildman–Crippen LogP) is 7.38. The Bertz CT molecular complexity index is 1640. The zero-order valence-electron chi connectivity index (χ0n) is 22.6. The van der Waals surface area contributed by atoms with Crippen molar-refractivity contribution in [2.45, 2.75) is 30.3 Å². The monoisotopic (exact) mass is 586 g/mol. The lowest BCUT2D eigenvalue weighted by Gasteiger charge is -2.22. The molecule has 1 heterocycles. The summed E-state index contributed by atoms with van der Waals surface area (Å²) in [6, 6.07) is 28.5. The van der Waals surface area contributed by atoms with Crippen LogP contribution in [-0.2, 0) is 12.2 Å². The van der Waals surface area contributed by atoms with Crippen molar-refractivity contribution in [1.82, 2.24) is 20.1 Å². The molecule has 4 aromatic carbocycles. The van der Waals surface area contributed by atoms with Gasteiger partial charge in [-0.1, -0.05) is 84.0 Å². The van der Waals surface area contributed by atoms with Gasteiger partial charge in [0.25, 0.3) is 5.91 Å². The third-order valence-electron chi connectivity index (χ3n) is 6.60. The third kappa shape index (κ3) is 6.78. The third-order valence-corrected chi connectivity index (χ3v) is 7.84. The number of methoxy groups -OCH3 is 1. The first-order valence-electron chi connectivity index (χ1n) is 13.0. The van der Waals surface area contributed by atoms with Gasteiger partial charge in [-0.15, -0.1) is 10.2 Å². The number of carbonyl (C=O) groups excluding carboxylic acids is 1. The second-order valence-electron chi connectivity index (χ2n) is 9.44. The van der Waals surface area contributed by atoms with Crippen LogP contribution in [0.25, 0.3) is 5.69 Å².